The normalized spacial score (nSPS) is 16.0. The van der Waals surface area contributed by atoms with E-state index < -0.39 is 0 Å². The predicted octanol–water partition coefficient (Wildman–Crippen LogP) is -1.02. The summed E-state index contributed by atoms with van der Waals surface area (Å²) in [6.45, 7) is 0. The molecule has 2 rings (SSSR count). The van der Waals surface area contributed by atoms with Gasteiger partial charge in [0.05, 0.1) is 0 Å². The van der Waals surface area contributed by atoms with E-state index in [-0.39, 0.29) is 35.6 Å². The van der Waals surface area contributed by atoms with Crippen LogP contribution in [0.5, 0.6) is 0 Å². The molecule has 0 aromatic rings. The van der Waals surface area contributed by atoms with Crippen LogP contribution in [0.2, 0.25) is 0 Å². The Morgan fingerprint density at radius 1 is 1.00 bits per heavy atom. The Morgan fingerprint density at radius 2 is 1.40 bits per heavy atom. The first-order chi connectivity index (χ1) is 3.45. The molecule has 0 atom stereocenters. The van der Waals surface area contributed by atoms with Crippen molar-refractivity contribution in [1.29, 1.82) is 0 Å². The van der Waals surface area contributed by atoms with Gasteiger partial charge in [0.25, 0.3) is 0 Å². The zero-order valence-corrected chi connectivity index (χ0v) is 7.10. The minimum absolute atomic E-state index is 0. The van der Waals surface area contributed by atoms with Crippen LogP contribution in [-0.2, 0) is 17.1 Å². The minimum Gasteiger partial charge on any atom is -1.00 e. The zero-order chi connectivity index (χ0) is 4.69. The summed E-state index contributed by atoms with van der Waals surface area (Å²) in [7, 11) is 0. The number of halogens is 1. The van der Waals surface area contributed by atoms with Crippen molar-refractivity contribution in [3.63, 3.8) is 0 Å². The SMILES string of the molecule is C1=CC2=CC=C1C2.N.[Cl-].[Cu+]. The second-order valence-electron chi connectivity index (χ2n) is 1.99. The molecular formula is C7H9ClCuN. The molecule has 1 nitrogen and oxygen atoms in total. The van der Waals surface area contributed by atoms with Gasteiger partial charge in [-0.15, -0.1) is 0 Å². The Bertz CT molecular complexity index is 174. The van der Waals surface area contributed by atoms with E-state index in [0.29, 0.717) is 0 Å². The van der Waals surface area contributed by atoms with Gasteiger partial charge in [-0.3, -0.25) is 0 Å². The number of rotatable bonds is 0. The summed E-state index contributed by atoms with van der Waals surface area (Å²) in [6, 6.07) is 0. The van der Waals surface area contributed by atoms with E-state index in [2.05, 4.69) is 24.3 Å². The molecule has 0 aliphatic heterocycles. The quantitative estimate of drug-likeness (QED) is 0.506. The van der Waals surface area contributed by atoms with Gasteiger partial charge < -0.3 is 18.6 Å². The van der Waals surface area contributed by atoms with Crippen LogP contribution >= 0.6 is 0 Å². The van der Waals surface area contributed by atoms with E-state index in [0.717, 1.165) is 0 Å². The van der Waals surface area contributed by atoms with E-state index in [1.165, 1.54) is 17.6 Å². The van der Waals surface area contributed by atoms with Crippen molar-refractivity contribution in [3.8, 4) is 0 Å². The first kappa shape index (κ1) is 12.6. The molecule has 0 saturated heterocycles. The molecule has 0 heterocycles. The summed E-state index contributed by atoms with van der Waals surface area (Å²) in [6.07, 6.45) is 9.90. The molecule has 2 bridgehead atoms. The molecule has 0 radical (unpaired) electrons. The predicted molar refractivity (Wildman–Crippen MR) is 34.9 cm³/mol. The molecule has 0 spiro atoms. The Kier molecular flexibility index (Phi) is 6.01. The first-order valence-electron chi connectivity index (χ1n) is 2.53. The summed E-state index contributed by atoms with van der Waals surface area (Å²) in [5, 5.41) is 0. The summed E-state index contributed by atoms with van der Waals surface area (Å²) in [5.41, 5.74) is 2.94. The molecule has 3 heteroatoms. The zero-order valence-electron chi connectivity index (χ0n) is 5.40. The van der Waals surface area contributed by atoms with Crippen LogP contribution in [0.25, 0.3) is 0 Å². The van der Waals surface area contributed by atoms with Crippen molar-refractivity contribution in [2.24, 2.45) is 0 Å². The third-order valence-corrected chi connectivity index (χ3v) is 1.43. The largest absolute Gasteiger partial charge is 1.00 e. The van der Waals surface area contributed by atoms with Crippen LogP contribution < -0.4 is 18.6 Å². The summed E-state index contributed by atoms with van der Waals surface area (Å²) in [5.74, 6) is 0. The summed E-state index contributed by atoms with van der Waals surface area (Å²) in [4.78, 5) is 0. The van der Waals surface area contributed by atoms with Crippen LogP contribution in [0.4, 0.5) is 0 Å². The molecule has 0 saturated carbocycles. The summed E-state index contributed by atoms with van der Waals surface area (Å²) >= 11 is 0. The maximum Gasteiger partial charge on any atom is 1.00 e. The average molecular weight is 206 g/mol. The van der Waals surface area contributed by atoms with Gasteiger partial charge in [-0.2, -0.15) is 0 Å². The van der Waals surface area contributed by atoms with Gasteiger partial charge in [0.1, 0.15) is 0 Å². The van der Waals surface area contributed by atoms with Gasteiger partial charge in [0.15, 0.2) is 0 Å². The van der Waals surface area contributed by atoms with Crippen LogP contribution in [0, 0.1) is 0 Å². The number of allylic oxidation sites excluding steroid dienone is 6. The van der Waals surface area contributed by atoms with Crippen LogP contribution in [0.1, 0.15) is 6.42 Å². The molecule has 0 aromatic heterocycles. The molecule has 60 valence electrons. The van der Waals surface area contributed by atoms with Gasteiger partial charge >= 0.3 is 17.1 Å². The van der Waals surface area contributed by atoms with E-state index in [1.54, 1.807) is 0 Å². The number of hydrogen-bond acceptors (Lipinski definition) is 1. The van der Waals surface area contributed by atoms with Crippen LogP contribution in [0.3, 0.4) is 0 Å². The maximum absolute atomic E-state index is 2.18. The Morgan fingerprint density at radius 3 is 1.50 bits per heavy atom. The molecule has 0 amide bonds. The van der Waals surface area contributed by atoms with Gasteiger partial charge in [0.2, 0.25) is 0 Å². The van der Waals surface area contributed by atoms with E-state index in [4.69, 9.17) is 0 Å². The molecule has 2 aliphatic rings. The average Bonchev–Trinajstić information content (AvgIpc) is 2.22. The molecule has 0 aromatic carbocycles. The Balaban J connectivity index is 0. The van der Waals surface area contributed by atoms with Crippen molar-refractivity contribution in [3.05, 3.63) is 35.5 Å². The molecule has 2 aliphatic carbocycles. The molecule has 10 heavy (non-hydrogen) atoms. The fourth-order valence-corrected chi connectivity index (χ4v) is 1.01. The van der Waals surface area contributed by atoms with E-state index >= 15 is 0 Å². The fourth-order valence-electron chi connectivity index (χ4n) is 1.01. The fraction of sp³-hybridized carbons (Fsp3) is 0.143. The van der Waals surface area contributed by atoms with Crippen LogP contribution in [0.15, 0.2) is 35.5 Å². The second-order valence-corrected chi connectivity index (χ2v) is 1.99. The van der Waals surface area contributed by atoms with E-state index in [9.17, 15) is 0 Å². The standard InChI is InChI=1S/C7H6.ClH.Cu.H3N/c1-2-7-4-3-6(1)5-7;;;/h1-4H,5H2;1H;;1H3/q;;+1;/p-1. The van der Waals surface area contributed by atoms with Crippen molar-refractivity contribution >= 4 is 0 Å². The Hall–Kier alpha value is -0.0105. The Labute approximate surface area is 77.7 Å². The van der Waals surface area contributed by atoms with Gasteiger partial charge in [-0.05, 0) is 17.6 Å². The number of hydrogen-bond donors (Lipinski definition) is 1. The molecular weight excluding hydrogens is 197 g/mol. The van der Waals surface area contributed by atoms with Crippen molar-refractivity contribution in [1.82, 2.24) is 6.15 Å². The van der Waals surface area contributed by atoms with Crippen molar-refractivity contribution in [2.75, 3.05) is 0 Å². The topological polar surface area (TPSA) is 35.0 Å². The van der Waals surface area contributed by atoms with Gasteiger partial charge in [-0.1, -0.05) is 24.3 Å². The van der Waals surface area contributed by atoms with Gasteiger partial charge in [0, 0.05) is 0 Å². The van der Waals surface area contributed by atoms with Crippen LogP contribution in [-0.4, -0.2) is 0 Å². The number of fused-ring (bicyclic) bond motifs is 2. The van der Waals surface area contributed by atoms with Crippen molar-refractivity contribution in [2.45, 2.75) is 6.42 Å². The minimum atomic E-state index is 0. The molecule has 3 N–H and O–H groups in total. The monoisotopic (exact) mass is 205 g/mol. The molecule has 0 unspecified atom stereocenters. The first-order valence-corrected chi connectivity index (χ1v) is 2.53. The third-order valence-electron chi connectivity index (χ3n) is 1.43. The summed E-state index contributed by atoms with van der Waals surface area (Å²) < 4.78 is 0. The second kappa shape index (κ2) is 4.75. The van der Waals surface area contributed by atoms with Crippen molar-refractivity contribution < 1.29 is 29.5 Å². The molecule has 0 fully saturated rings. The van der Waals surface area contributed by atoms with Gasteiger partial charge in [-0.25, -0.2) is 0 Å². The smallest absolute Gasteiger partial charge is 1.00 e. The third kappa shape index (κ3) is 1.99. The van der Waals surface area contributed by atoms with E-state index in [1.807, 2.05) is 0 Å². The maximum atomic E-state index is 2.18.